The van der Waals surface area contributed by atoms with E-state index in [-0.39, 0.29) is 12.3 Å². The lowest BCUT2D eigenvalue weighted by Crippen LogP contribution is -2.64. The molecule has 0 bridgehead atoms. The molecule has 0 fully saturated rings. The number of benzene rings is 4. The molecule has 39 heavy (non-hydrogen) atoms. The molecule has 2 aliphatic heterocycles. The number of fused-ring (bicyclic) bond motifs is 4. The van der Waals surface area contributed by atoms with Crippen LogP contribution < -0.4 is 26.2 Å². The van der Waals surface area contributed by atoms with E-state index in [1.165, 1.54) is 69.7 Å². The van der Waals surface area contributed by atoms with Gasteiger partial charge in [0.1, 0.15) is 0 Å². The Labute approximate surface area is 233 Å². The summed E-state index contributed by atoms with van der Waals surface area (Å²) in [6.07, 6.45) is 14.9. The van der Waals surface area contributed by atoms with Crippen molar-refractivity contribution in [1.29, 1.82) is 0 Å². The van der Waals surface area contributed by atoms with Gasteiger partial charge in [-0.25, -0.2) is 0 Å². The van der Waals surface area contributed by atoms with E-state index in [4.69, 9.17) is 0 Å². The molecule has 1 unspecified atom stereocenters. The Kier molecular flexibility index (Phi) is 5.96. The van der Waals surface area contributed by atoms with Gasteiger partial charge in [-0.3, -0.25) is 0 Å². The molecule has 0 N–H and O–H groups in total. The second-order valence-electron chi connectivity index (χ2n) is 11.4. The van der Waals surface area contributed by atoms with Crippen LogP contribution in [0.5, 0.6) is 0 Å². The number of para-hydroxylation sites is 3. The van der Waals surface area contributed by atoms with Crippen molar-refractivity contribution in [2.45, 2.75) is 51.5 Å². The van der Waals surface area contributed by atoms with Gasteiger partial charge in [-0.1, -0.05) is 98.7 Å². The van der Waals surface area contributed by atoms with Crippen LogP contribution in [0.2, 0.25) is 0 Å². The number of aryl methyl sites for hydroxylation is 1. The highest BCUT2D eigenvalue weighted by Gasteiger charge is 2.46. The average Bonchev–Trinajstić information content (AvgIpc) is 2.97. The molecule has 0 radical (unpaired) electrons. The Bertz CT molecular complexity index is 1590. The zero-order valence-electron chi connectivity index (χ0n) is 23.0. The first-order valence-corrected chi connectivity index (χ1v) is 14.5. The standard InChI is InChI=1S/C36H35BN2/c1-3-4-7-16-27-25-33-35-34(26-27)39(36(2)23-14-6-15-24-36)32-22-13-11-20-30(32)37(35)29-19-10-12-21-31(29)38(33)28-17-8-5-9-18-28/h5-6,8-15,17-23,25-26H,3-4,7,16,24H2,1-2H3. The van der Waals surface area contributed by atoms with E-state index >= 15 is 0 Å². The molecule has 2 nitrogen and oxygen atoms in total. The normalized spacial score (nSPS) is 18.6. The minimum absolute atomic E-state index is 0.139. The molecule has 0 saturated carbocycles. The summed E-state index contributed by atoms with van der Waals surface area (Å²) < 4.78 is 0. The van der Waals surface area contributed by atoms with Crippen molar-refractivity contribution in [3.63, 3.8) is 0 Å². The maximum Gasteiger partial charge on any atom is 0.252 e. The third kappa shape index (κ3) is 3.86. The quantitative estimate of drug-likeness (QED) is 0.174. The Morgan fingerprint density at radius 3 is 2.18 bits per heavy atom. The van der Waals surface area contributed by atoms with Crippen molar-refractivity contribution in [2.75, 3.05) is 9.80 Å². The van der Waals surface area contributed by atoms with E-state index in [1.54, 1.807) is 0 Å². The van der Waals surface area contributed by atoms with Gasteiger partial charge >= 0.3 is 0 Å². The van der Waals surface area contributed by atoms with Gasteiger partial charge in [0.25, 0.3) is 6.71 Å². The Morgan fingerprint density at radius 1 is 0.744 bits per heavy atom. The molecule has 0 saturated heterocycles. The molecule has 3 heteroatoms. The molecule has 0 spiro atoms. The maximum atomic E-state index is 2.65. The minimum Gasteiger partial charge on any atom is -0.333 e. The molecule has 0 amide bonds. The second-order valence-corrected chi connectivity index (χ2v) is 11.4. The summed E-state index contributed by atoms with van der Waals surface area (Å²) in [5.41, 5.74) is 12.0. The van der Waals surface area contributed by atoms with Gasteiger partial charge in [-0.05, 0) is 84.5 Å². The monoisotopic (exact) mass is 506 g/mol. The van der Waals surface area contributed by atoms with Crippen LogP contribution in [0.1, 0.15) is 45.1 Å². The summed E-state index contributed by atoms with van der Waals surface area (Å²) in [4.78, 5) is 5.16. The number of anilines is 5. The van der Waals surface area contributed by atoms with Crippen LogP contribution in [-0.2, 0) is 6.42 Å². The molecule has 3 aliphatic rings. The summed E-state index contributed by atoms with van der Waals surface area (Å²) in [6.45, 7) is 4.89. The van der Waals surface area contributed by atoms with E-state index in [0.29, 0.717) is 0 Å². The molecule has 192 valence electrons. The maximum absolute atomic E-state index is 2.65. The molecule has 1 atom stereocenters. The zero-order valence-corrected chi connectivity index (χ0v) is 23.0. The molecule has 4 aromatic rings. The smallest absolute Gasteiger partial charge is 0.252 e. The van der Waals surface area contributed by atoms with Crippen LogP contribution >= 0.6 is 0 Å². The lowest BCUT2D eigenvalue weighted by Gasteiger charge is -2.50. The zero-order chi connectivity index (χ0) is 26.4. The molecule has 7 rings (SSSR count). The molecule has 1 aliphatic carbocycles. The van der Waals surface area contributed by atoms with Crippen molar-refractivity contribution in [2.24, 2.45) is 0 Å². The molecular weight excluding hydrogens is 471 g/mol. The first kappa shape index (κ1) is 24.1. The van der Waals surface area contributed by atoms with Gasteiger partial charge in [0.05, 0.1) is 5.54 Å². The Hall–Kier alpha value is -3.98. The third-order valence-electron chi connectivity index (χ3n) is 8.77. The summed E-state index contributed by atoms with van der Waals surface area (Å²) in [5, 5.41) is 0. The number of hydrogen-bond acceptors (Lipinski definition) is 2. The number of unbranched alkanes of at least 4 members (excludes halogenated alkanes) is 2. The van der Waals surface area contributed by atoms with E-state index in [1.807, 2.05) is 0 Å². The van der Waals surface area contributed by atoms with Crippen LogP contribution in [0.3, 0.4) is 0 Å². The first-order chi connectivity index (χ1) is 19.2. The van der Waals surface area contributed by atoms with E-state index < -0.39 is 0 Å². The second kappa shape index (κ2) is 9.65. The van der Waals surface area contributed by atoms with Crippen LogP contribution in [0.25, 0.3) is 0 Å². The van der Waals surface area contributed by atoms with Crippen molar-refractivity contribution in [3.8, 4) is 0 Å². The summed E-state index contributed by atoms with van der Waals surface area (Å²) in [7, 11) is 0. The van der Waals surface area contributed by atoms with Crippen molar-refractivity contribution < 1.29 is 0 Å². The van der Waals surface area contributed by atoms with Crippen molar-refractivity contribution in [3.05, 3.63) is 121 Å². The van der Waals surface area contributed by atoms with Crippen LogP contribution in [0.15, 0.2) is 115 Å². The number of allylic oxidation sites excluding steroid dienone is 2. The van der Waals surface area contributed by atoms with Crippen LogP contribution in [0, 0.1) is 0 Å². The number of rotatable bonds is 6. The fraction of sp³-hybridized carbons (Fsp3) is 0.222. The topological polar surface area (TPSA) is 6.48 Å². The minimum atomic E-state index is -0.139. The average molecular weight is 507 g/mol. The number of nitrogens with zero attached hydrogens (tertiary/aromatic N) is 2. The van der Waals surface area contributed by atoms with Gasteiger partial charge in [0.2, 0.25) is 0 Å². The summed E-state index contributed by atoms with van der Waals surface area (Å²) in [5.74, 6) is 0. The van der Waals surface area contributed by atoms with Gasteiger partial charge in [0, 0.05) is 28.4 Å². The highest BCUT2D eigenvalue weighted by Crippen LogP contribution is 2.45. The summed E-state index contributed by atoms with van der Waals surface area (Å²) in [6, 6.07) is 34.1. The summed E-state index contributed by atoms with van der Waals surface area (Å²) >= 11 is 0. The number of hydrogen-bond donors (Lipinski definition) is 0. The van der Waals surface area contributed by atoms with Gasteiger partial charge in [-0.2, -0.15) is 0 Å². The predicted molar refractivity (Wildman–Crippen MR) is 169 cm³/mol. The fourth-order valence-corrected chi connectivity index (χ4v) is 6.96. The highest BCUT2D eigenvalue weighted by molar-refractivity contribution is 7.00. The third-order valence-corrected chi connectivity index (χ3v) is 8.77. The first-order valence-electron chi connectivity index (χ1n) is 14.5. The molecule has 0 aromatic heterocycles. The fourth-order valence-electron chi connectivity index (χ4n) is 6.96. The van der Waals surface area contributed by atoms with Crippen LogP contribution in [0.4, 0.5) is 28.4 Å². The highest BCUT2D eigenvalue weighted by atomic mass is 15.2. The van der Waals surface area contributed by atoms with Gasteiger partial charge < -0.3 is 9.80 Å². The SMILES string of the molecule is CCCCCc1cc2c3c(c1)N(C1(C)C=CC=CC1)c1ccccc1B3c1ccccc1N2c1ccccc1. The van der Waals surface area contributed by atoms with E-state index in [9.17, 15) is 0 Å². The Morgan fingerprint density at radius 2 is 1.44 bits per heavy atom. The van der Waals surface area contributed by atoms with Gasteiger partial charge in [0.15, 0.2) is 0 Å². The largest absolute Gasteiger partial charge is 0.333 e. The molecule has 2 heterocycles. The van der Waals surface area contributed by atoms with Crippen molar-refractivity contribution in [1.82, 2.24) is 0 Å². The lowest BCUT2D eigenvalue weighted by molar-refractivity contribution is 0.571. The van der Waals surface area contributed by atoms with Gasteiger partial charge in [-0.15, -0.1) is 0 Å². The van der Waals surface area contributed by atoms with Crippen molar-refractivity contribution >= 4 is 51.5 Å². The lowest BCUT2D eigenvalue weighted by atomic mass is 9.33. The van der Waals surface area contributed by atoms with E-state index in [2.05, 4.69) is 139 Å². The van der Waals surface area contributed by atoms with Crippen LogP contribution in [-0.4, -0.2) is 12.3 Å². The molecule has 4 aromatic carbocycles. The predicted octanol–water partition coefficient (Wildman–Crippen LogP) is 7.45. The molecular formula is C36H35BN2. The van der Waals surface area contributed by atoms with E-state index in [0.717, 1.165) is 12.8 Å². The Balaban J connectivity index is 1.55.